The quantitative estimate of drug-likeness (QED) is 0.568. The van der Waals surface area contributed by atoms with Gasteiger partial charge in [0.25, 0.3) is 0 Å². The van der Waals surface area contributed by atoms with Crippen molar-refractivity contribution in [3.8, 4) is 0 Å². The molecular formula is C15H29NO. The molecule has 0 N–H and O–H groups in total. The van der Waals surface area contributed by atoms with Crippen molar-refractivity contribution < 1.29 is 4.74 Å². The summed E-state index contributed by atoms with van der Waals surface area (Å²) in [6, 6.07) is 0. The summed E-state index contributed by atoms with van der Waals surface area (Å²) in [5.41, 5.74) is 0.00468. The topological polar surface area (TPSA) is 21.6 Å². The van der Waals surface area contributed by atoms with Crippen molar-refractivity contribution in [2.45, 2.75) is 78.2 Å². The fourth-order valence-electron chi connectivity index (χ4n) is 2.22. The standard InChI is InChI=1S/C15H29NO/c1-5-6-7-8-9-10-11-13(2)14-16-15(3,4)12-17-14/h13H,5-12H2,1-4H3. The molecule has 0 aliphatic carbocycles. The summed E-state index contributed by atoms with van der Waals surface area (Å²) in [5, 5.41) is 0. The highest BCUT2D eigenvalue weighted by Gasteiger charge is 2.28. The Bertz CT molecular complexity index is 245. The lowest BCUT2D eigenvalue weighted by Crippen LogP contribution is -2.17. The van der Waals surface area contributed by atoms with E-state index < -0.39 is 0 Å². The first kappa shape index (κ1) is 14.5. The fourth-order valence-corrected chi connectivity index (χ4v) is 2.22. The molecule has 0 saturated carbocycles. The number of hydrogen-bond donors (Lipinski definition) is 0. The van der Waals surface area contributed by atoms with Crippen LogP contribution in [-0.2, 0) is 4.74 Å². The van der Waals surface area contributed by atoms with Crippen molar-refractivity contribution in [3.63, 3.8) is 0 Å². The molecule has 1 rings (SSSR count). The molecule has 100 valence electrons. The van der Waals surface area contributed by atoms with Crippen LogP contribution in [-0.4, -0.2) is 18.0 Å². The van der Waals surface area contributed by atoms with Gasteiger partial charge < -0.3 is 4.74 Å². The Hall–Kier alpha value is -0.530. The third-order valence-electron chi connectivity index (χ3n) is 3.40. The van der Waals surface area contributed by atoms with Crippen LogP contribution in [0.3, 0.4) is 0 Å². The molecule has 0 aromatic heterocycles. The van der Waals surface area contributed by atoms with E-state index in [1.165, 1.54) is 44.9 Å². The van der Waals surface area contributed by atoms with E-state index in [0.29, 0.717) is 5.92 Å². The lowest BCUT2D eigenvalue weighted by atomic mass is 10.0. The van der Waals surface area contributed by atoms with Crippen LogP contribution in [0.15, 0.2) is 4.99 Å². The number of rotatable bonds is 8. The smallest absolute Gasteiger partial charge is 0.186 e. The summed E-state index contributed by atoms with van der Waals surface area (Å²) < 4.78 is 5.68. The number of ether oxygens (including phenoxy) is 1. The van der Waals surface area contributed by atoms with Crippen LogP contribution in [0.4, 0.5) is 0 Å². The normalized spacial score (nSPS) is 19.9. The molecule has 1 aliphatic rings. The molecule has 1 aliphatic heterocycles. The summed E-state index contributed by atoms with van der Waals surface area (Å²) in [7, 11) is 0. The lowest BCUT2D eigenvalue weighted by molar-refractivity contribution is 0.264. The highest BCUT2D eigenvalue weighted by molar-refractivity contribution is 5.80. The van der Waals surface area contributed by atoms with Gasteiger partial charge in [0.05, 0.1) is 5.54 Å². The van der Waals surface area contributed by atoms with E-state index in [9.17, 15) is 0 Å². The zero-order valence-corrected chi connectivity index (χ0v) is 12.1. The van der Waals surface area contributed by atoms with Gasteiger partial charge in [0, 0.05) is 5.92 Å². The van der Waals surface area contributed by atoms with Crippen LogP contribution in [0, 0.1) is 5.92 Å². The number of nitrogens with zero attached hydrogens (tertiary/aromatic N) is 1. The van der Waals surface area contributed by atoms with Crippen LogP contribution in [0.5, 0.6) is 0 Å². The molecule has 2 heteroatoms. The van der Waals surface area contributed by atoms with Crippen LogP contribution in [0.1, 0.15) is 72.6 Å². The van der Waals surface area contributed by atoms with Gasteiger partial charge in [0.2, 0.25) is 0 Å². The van der Waals surface area contributed by atoms with Crippen molar-refractivity contribution in [2.75, 3.05) is 6.61 Å². The van der Waals surface area contributed by atoms with Crippen LogP contribution < -0.4 is 0 Å². The maximum absolute atomic E-state index is 5.68. The van der Waals surface area contributed by atoms with E-state index in [1.807, 2.05) is 0 Å². The zero-order chi connectivity index (χ0) is 12.7. The minimum atomic E-state index is 0.00468. The molecule has 1 heterocycles. The molecular weight excluding hydrogens is 210 g/mol. The van der Waals surface area contributed by atoms with E-state index in [-0.39, 0.29) is 5.54 Å². The third-order valence-corrected chi connectivity index (χ3v) is 3.40. The molecule has 1 atom stereocenters. The number of hydrogen-bond acceptors (Lipinski definition) is 2. The predicted octanol–water partition coefficient (Wildman–Crippen LogP) is 4.58. The SMILES string of the molecule is CCCCCCCCC(C)C1=NC(C)(C)CO1. The van der Waals surface area contributed by atoms with Crippen molar-refractivity contribution in [3.05, 3.63) is 0 Å². The molecule has 0 saturated heterocycles. The third kappa shape index (κ3) is 5.56. The summed E-state index contributed by atoms with van der Waals surface area (Å²) in [5.74, 6) is 1.49. The van der Waals surface area contributed by atoms with Gasteiger partial charge in [-0.3, -0.25) is 0 Å². The minimum Gasteiger partial charge on any atom is -0.478 e. The molecule has 17 heavy (non-hydrogen) atoms. The van der Waals surface area contributed by atoms with Gasteiger partial charge in [-0.2, -0.15) is 0 Å². The Balaban J connectivity index is 2.11. The molecule has 0 fully saturated rings. The summed E-state index contributed by atoms with van der Waals surface area (Å²) in [6.07, 6.45) is 9.40. The minimum absolute atomic E-state index is 0.00468. The Morgan fingerprint density at radius 2 is 1.82 bits per heavy atom. The molecule has 0 aromatic carbocycles. The first-order valence-electron chi connectivity index (χ1n) is 7.27. The van der Waals surface area contributed by atoms with Crippen molar-refractivity contribution in [2.24, 2.45) is 10.9 Å². The zero-order valence-electron chi connectivity index (χ0n) is 12.1. The van der Waals surface area contributed by atoms with E-state index in [1.54, 1.807) is 0 Å². The highest BCUT2D eigenvalue weighted by Crippen LogP contribution is 2.23. The van der Waals surface area contributed by atoms with Crippen LogP contribution in [0.2, 0.25) is 0 Å². The van der Waals surface area contributed by atoms with E-state index >= 15 is 0 Å². The molecule has 2 nitrogen and oxygen atoms in total. The molecule has 0 amide bonds. The molecule has 0 bridgehead atoms. The van der Waals surface area contributed by atoms with E-state index in [4.69, 9.17) is 4.74 Å². The summed E-state index contributed by atoms with van der Waals surface area (Å²) in [6.45, 7) is 9.53. The Labute approximate surface area is 107 Å². The Morgan fingerprint density at radius 1 is 1.18 bits per heavy atom. The Morgan fingerprint density at radius 3 is 2.41 bits per heavy atom. The largest absolute Gasteiger partial charge is 0.478 e. The highest BCUT2D eigenvalue weighted by atomic mass is 16.5. The van der Waals surface area contributed by atoms with Gasteiger partial charge >= 0.3 is 0 Å². The second-order valence-corrected chi connectivity index (χ2v) is 6.01. The van der Waals surface area contributed by atoms with Gasteiger partial charge in [-0.15, -0.1) is 0 Å². The van der Waals surface area contributed by atoms with Gasteiger partial charge in [-0.25, -0.2) is 4.99 Å². The fraction of sp³-hybridized carbons (Fsp3) is 0.933. The monoisotopic (exact) mass is 239 g/mol. The van der Waals surface area contributed by atoms with Crippen LogP contribution in [0.25, 0.3) is 0 Å². The van der Waals surface area contributed by atoms with Crippen LogP contribution >= 0.6 is 0 Å². The molecule has 0 spiro atoms. The number of unbranched alkanes of at least 4 members (excludes halogenated alkanes) is 5. The molecule has 0 aromatic rings. The van der Waals surface area contributed by atoms with Gasteiger partial charge in [0.15, 0.2) is 5.90 Å². The molecule has 0 radical (unpaired) electrons. The van der Waals surface area contributed by atoms with Gasteiger partial charge in [-0.1, -0.05) is 52.4 Å². The predicted molar refractivity (Wildman–Crippen MR) is 74.6 cm³/mol. The summed E-state index contributed by atoms with van der Waals surface area (Å²) >= 11 is 0. The molecule has 1 unspecified atom stereocenters. The summed E-state index contributed by atoms with van der Waals surface area (Å²) in [4.78, 5) is 4.64. The second-order valence-electron chi connectivity index (χ2n) is 6.01. The van der Waals surface area contributed by atoms with Gasteiger partial charge in [0.1, 0.15) is 6.61 Å². The maximum Gasteiger partial charge on any atom is 0.186 e. The average molecular weight is 239 g/mol. The van der Waals surface area contributed by atoms with Crippen molar-refractivity contribution in [1.29, 1.82) is 0 Å². The van der Waals surface area contributed by atoms with Gasteiger partial charge in [-0.05, 0) is 20.3 Å². The average Bonchev–Trinajstić information content (AvgIpc) is 2.64. The lowest BCUT2D eigenvalue weighted by Gasteiger charge is -2.10. The maximum atomic E-state index is 5.68. The van der Waals surface area contributed by atoms with E-state index in [0.717, 1.165) is 12.5 Å². The number of aliphatic imine (C=N–C) groups is 1. The first-order valence-corrected chi connectivity index (χ1v) is 7.27. The van der Waals surface area contributed by atoms with Crippen molar-refractivity contribution >= 4 is 5.90 Å². The Kier molecular flexibility index (Phi) is 6.01. The van der Waals surface area contributed by atoms with E-state index in [2.05, 4.69) is 32.7 Å². The first-order chi connectivity index (χ1) is 8.05. The second kappa shape index (κ2) is 7.03. The van der Waals surface area contributed by atoms with Crippen molar-refractivity contribution in [1.82, 2.24) is 0 Å².